The molecule has 0 radical (unpaired) electrons. The highest BCUT2D eigenvalue weighted by atomic mass is 19.4. The van der Waals surface area contributed by atoms with Crippen molar-refractivity contribution in [3.8, 4) is 17.5 Å². The van der Waals surface area contributed by atoms with E-state index in [1.54, 1.807) is 4.90 Å². The van der Waals surface area contributed by atoms with Crippen LogP contribution in [0.3, 0.4) is 0 Å². The van der Waals surface area contributed by atoms with Crippen molar-refractivity contribution in [1.82, 2.24) is 15.2 Å². The van der Waals surface area contributed by atoms with Crippen LogP contribution in [0.2, 0.25) is 0 Å². The molecule has 9 heteroatoms. The number of benzene rings is 1. The minimum absolute atomic E-state index is 0.0236. The van der Waals surface area contributed by atoms with E-state index in [0.29, 0.717) is 13.0 Å². The van der Waals surface area contributed by atoms with Gasteiger partial charge in [-0.1, -0.05) is 12.1 Å². The molecule has 1 aromatic heterocycles. The number of hydrogen-bond donors (Lipinski definition) is 1. The van der Waals surface area contributed by atoms with E-state index in [1.807, 2.05) is 6.92 Å². The minimum atomic E-state index is -4.47. The molecule has 26 heavy (non-hydrogen) atoms. The number of nitriles is 1. The van der Waals surface area contributed by atoms with Crippen molar-refractivity contribution in [1.29, 1.82) is 5.26 Å². The molecule has 1 aromatic carbocycles. The third-order valence-electron chi connectivity index (χ3n) is 4.21. The first-order valence-corrected chi connectivity index (χ1v) is 7.88. The second-order valence-electron chi connectivity index (χ2n) is 6.12. The fraction of sp³-hybridized carbons (Fsp3) is 0.353. The van der Waals surface area contributed by atoms with E-state index in [9.17, 15) is 18.0 Å². The summed E-state index contributed by atoms with van der Waals surface area (Å²) < 4.78 is 43.7. The highest BCUT2D eigenvalue weighted by molar-refractivity contribution is 5.90. The lowest BCUT2D eigenvalue weighted by molar-refractivity contribution is -0.137. The van der Waals surface area contributed by atoms with Crippen LogP contribution in [0.1, 0.15) is 29.6 Å². The molecule has 2 atom stereocenters. The number of likely N-dealkylation sites (tertiary alicyclic amines) is 1. The van der Waals surface area contributed by atoms with Gasteiger partial charge in [0.05, 0.1) is 11.8 Å². The van der Waals surface area contributed by atoms with Gasteiger partial charge in [-0.3, -0.25) is 4.79 Å². The van der Waals surface area contributed by atoms with Crippen molar-refractivity contribution in [2.45, 2.75) is 31.6 Å². The second-order valence-corrected chi connectivity index (χ2v) is 6.12. The highest BCUT2D eigenvalue weighted by Gasteiger charge is 2.32. The normalized spacial score (nSPS) is 20.0. The molecule has 3 rings (SSSR count). The summed E-state index contributed by atoms with van der Waals surface area (Å²) in [4.78, 5) is 17.6. The molecule has 2 heterocycles. The summed E-state index contributed by atoms with van der Waals surface area (Å²) in [5.74, 6) is -0.736. The number of oxazole rings is 1. The molecule has 1 fully saturated rings. The SMILES string of the molecule is C[C@@H]1CC(NC(=O)c2ncc(-c3cccc(C(F)(F)F)c3)o2)CN1C#N. The van der Waals surface area contributed by atoms with Crippen LogP contribution in [0.5, 0.6) is 0 Å². The van der Waals surface area contributed by atoms with Crippen LogP contribution < -0.4 is 5.32 Å². The Labute approximate surface area is 147 Å². The van der Waals surface area contributed by atoms with Crippen LogP contribution in [0.4, 0.5) is 13.2 Å². The lowest BCUT2D eigenvalue weighted by Crippen LogP contribution is -2.36. The van der Waals surface area contributed by atoms with Crippen LogP contribution in [-0.2, 0) is 6.18 Å². The summed E-state index contributed by atoms with van der Waals surface area (Å²) in [6.07, 6.45) is -0.596. The maximum atomic E-state index is 12.8. The number of hydrogen-bond acceptors (Lipinski definition) is 5. The first kappa shape index (κ1) is 17.8. The summed E-state index contributed by atoms with van der Waals surface area (Å²) >= 11 is 0. The Morgan fingerprint density at radius 1 is 1.46 bits per heavy atom. The zero-order valence-corrected chi connectivity index (χ0v) is 13.7. The van der Waals surface area contributed by atoms with E-state index in [2.05, 4.69) is 16.5 Å². The standard InChI is InChI=1S/C17H15F3N4O2/c1-10-5-13(8-24(10)9-21)23-15(25)16-22-7-14(26-16)11-3-2-4-12(6-11)17(18,19)20/h2-4,6-7,10,13H,5,8H2,1H3,(H,23,25)/t10-,13?/m1/s1. The minimum Gasteiger partial charge on any atom is -0.432 e. The van der Waals surface area contributed by atoms with Crippen LogP contribution in [0.25, 0.3) is 11.3 Å². The average molecular weight is 364 g/mol. The van der Waals surface area contributed by atoms with Gasteiger partial charge in [0.1, 0.15) is 0 Å². The Kier molecular flexibility index (Phi) is 4.59. The second kappa shape index (κ2) is 6.71. The molecular formula is C17H15F3N4O2. The first-order chi connectivity index (χ1) is 12.3. The van der Waals surface area contributed by atoms with E-state index in [4.69, 9.17) is 9.68 Å². The summed E-state index contributed by atoms with van der Waals surface area (Å²) in [6.45, 7) is 2.27. The van der Waals surface area contributed by atoms with Crippen LogP contribution in [0.15, 0.2) is 34.9 Å². The van der Waals surface area contributed by atoms with Crippen LogP contribution in [0, 0.1) is 11.5 Å². The monoisotopic (exact) mass is 364 g/mol. The molecule has 136 valence electrons. The number of rotatable bonds is 3. The van der Waals surface area contributed by atoms with Crippen molar-refractivity contribution in [3.63, 3.8) is 0 Å². The van der Waals surface area contributed by atoms with Crippen molar-refractivity contribution in [3.05, 3.63) is 41.9 Å². The average Bonchev–Trinajstić information content (AvgIpc) is 3.21. The number of alkyl halides is 3. The van der Waals surface area contributed by atoms with Gasteiger partial charge in [0.2, 0.25) is 0 Å². The molecule has 1 amide bonds. The number of nitrogens with zero attached hydrogens (tertiary/aromatic N) is 3. The lowest BCUT2D eigenvalue weighted by Gasteiger charge is -2.11. The summed E-state index contributed by atoms with van der Waals surface area (Å²) in [7, 11) is 0. The van der Waals surface area contributed by atoms with Gasteiger partial charge in [0.15, 0.2) is 12.0 Å². The molecule has 1 saturated heterocycles. The fourth-order valence-corrected chi connectivity index (χ4v) is 2.88. The predicted molar refractivity (Wildman–Crippen MR) is 84.6 cm³/mol. The molecule has 1 unspecified atom stereocenters. The number of carbonyl (C=O) groups is 1. The number of halogens is 3. The van der Waals surface area contributed by atoms with Gasteiger partial charge < -0.3 is 14.6 Å². The van der Waals surface area contributed by atoms with E-state index in [0.717, 1.165) is 12.1 Å². The first-order valence-electron chi connectivity index (χ1n) is 7.88. The Morgan fingerprint density at radius 2 is 2.23 bits per heavy atom. The zero-order valence-electron chi connectivity index (χ0n) is 13.7. The molecule has 0 bridgehead atoms. The van der Waals surface area contributed by atoms with Gasteiger partial charge in [-0.05, 0) is 25.5 Å². The molecule has 6 nitrogen and oxygen atoms in total. The maximum absolute atomic E-state index is 12.8. The van der Waals surface area contributed by atoms with E-state index >= 15 is 0 Å². The molecule has 0 saturated carbocycles. The summed E-state index contributed by atoms with van der Waals surface area (Å²) in [5, 5.41) is 11.7. The maximum Gasteiger partial charge on any atom is 0.416 e. The van der Waals surface area contributed by atoms with Crippen LogP contribution in [-0.4, -0.2) is 34.4 Å². The molecule has 1 N–H and O–H groups in total. The fourth-order valence-electron chi connectivity index (χ4n) is 2.88. The summed E-state index contributed by atoms with van der Waals surface area (Å²) in [5.41, 5.74) is -0.634. The molecule has 0 spiro atoms. The molecule has 0 aliphatic carbocycles. The Balaban J connectivity index is 1.72. The molecule has 2 aromatic rings. The Bertz CT molecular complexity index is 856. The van der Waals surface area contributed by atoms with E-state index in [-0.39, 0.29) is 29.3 Å². The molecule has 1 aliphatic heterocycles. The lowest BCUT2D eigenvalue weighted by atomic mass is 10.1. The number of aromatic nitrogens is 1. The van der Waals surface area contributed by atoms with Gasteiger partial charge in [0, 0.05) is 24.2 Å². The van der Waals surface area contributed by atoms with Gasteiger partial charge in [-0.25, -0.2) is 4.98 Å². The smallest absolute Gasteiger partial charge is 0.416 e. The summed E-state index contributed by atoms with van der Waals surface area (Å²) in [6, 6.07) is 4.40. The number of nitrogens with one attached hydrogen (secondary N) is 1. The number of amides is 1. The quantitative estimate of drug-likeness (QED) is 0.847. The number of carbonyl (C=O) groups excluding carboxylic acids is 1. The largest absolute Gasteiger partial charge is 0.432 e. The van der Waals surface area contributed by atoms with Crippen molar-refractivity contribution in [2.75, 3.05) is 6.54 Å². The Hall–Kier alpha value is -3.02. The van der Waals surface area contributed by atoms with E-state index in [1.165, 1.54) is 18.3 Å². The Morgan fingerprint density at radius 3 is 2.88 bits per heavy atom. The van der Waals surface area contributed by atoms with Crippen molar-refractivity contribution >= 4 is 5.91 Å². The third-order valence-corrected chi connectivity index (χ3v) is 4.21. The van der Waals surface area contributed by atoms with E-state index < -0.39 is 17.6 Å². The third kappa shape index (κ3) is 3.64. The van der Waals surface area contributed by atoms with Crippen molar-refractivity contribution < 1.29 is 22.4 Å². The topological polar surface area (TPSA) is 82.2 Å². The van der Waals surface area contributed by atoms with Crippen molar-refractivity contribution in [2.24, 2.45) is 0 Å². The predicted octanol–water partition coefficient (Wildman–Crippen LogP) is 3.03. The van der Waals surface area contributed by atoms with Gasteiger partial charge in [-0.15, -0.1) is 0 Å². The highest BCUT2D eigenvalue weighted by Crippen LogP contribution is 2.32. The van der Waals surface area contributed by atoms with Gasteiger partial charge >= 0.3 is 12.1 Å². The van der Waals surface area contributed by atoms with Gasteiger partial charge in [0.25, 0.3) is 5.89 Å². The zero-order chi connectivity index (χ0) is 18.9. The molecule has 1 aliphatic rings. The molecular weight excluding hydrogens is 349 g/mol. The van der Waals surface area contributed by atoms with Crippen LogP contribution >= 0.6 is 0 Å². The van der Waals surface area contributed by atoms with Gasteiger partial charge in [-0.2, -0.15) is 18.4 Å².